The number of aliphatic hydroxyl groups is 7. The van der Waals surface area contributed by atoms with Crippen molar-refractivity contribution in [3.8, 4) is 0 Å². The largest absolute Gasteiger partial charge is 0.397 e. The molecule has 0 radical (unpaired) electrons. The zero-order valence-electron chi connectivity index (χ0n) is 42.3. The normalized spacial score (nSPS) is 40.3. The second-order valence-corrected chi connectivity index (χ2v) is 27.3. The first-order valence-electron chi connectivity index (χ1n) is 22.9. The third kappa shape index (κ3) is 22.0. The lowest BCUT2D eigenvalue weighted by atomic mass is 9.94. The van der Waals surface area contributed by atoms with E-state index in [1.807, 2.05) is 0 Å². The first kappa shape index (κ1) is 75.0. The number of hydrogen-bond acceptors (Lipinski definition) is 37. The van der Waals surface area contributed by atoms with Crippen molar-refractivity contribution in [2.24, 2.45) is 0 Å². The van der Waals surface area contributed by atoms with Gasteiger partial charge in [0.15, 0.2) is 37.6 Å². The zero-order valence-corrected chi connectivity index (χ0v) is 48.8. The highest BCUT2D eigenvalue weighted by molar-refractivity contribution is 7.84. The third-order valence-electron chi connectivity index (χ3n) is 12.2. The van der Waals surface area contributed by atoms with Gasteiger partial charge in [-0.1, -0.05) is 0 Å². The number of rotatable bonds is 27. The summed E-state index contributed by atoms with van der Waals surface area (Å²) < 4.78 is 342. The van der Waals surface area contributed by atoms with Gasteiger partial charge in [-0.3, -0.25) is 36.4 Å². The standard InChI is InChI=1S/C30H55N3O45S8/c1-6-20(73-27-12(32-80(44,45)46)15(35)14(34)8(71-27)3-65-82(50,51)52)17(37)18(38)29(68-6)76-23-10(5-67-84(56,57)58)72-28(13(33-81(47,48)49)24(23)77-85(59,60)61)74-21-7(2)69-30(25(19(21)39)78-86(62,63)64)75-22-9(4-66-83(53,54)55)70-26(40)11(16(22)36)31-79(41,42)43/h6-40H,3-5H2,1-2H3,(H,41,42,43)(H,44,45,46)(H,47,48,49)(H,50,51,52)(H,53,54,55)(H,56,57,58)(H,59,60,61)(H,62,63,64)/t6?,7?,8?,9?,10?,11?,12?,13?,14-,15-,16-,17-,18?,19-,20-,21+,22-,23-,24-,25?,26-,27+,28+,29+,30+/m1/s1. The summed E-state index contributed by atoms with van der Waals surface area (Å²) in [6.07, 6.45) is -55.7. The average Bonchev–Trinajstić information content (AvgIpc) is 0.886. The van der Waals surface area contributed by atoms with E-state index in [2.05, 4.69) is 20.9 Å². The molecule has 0 aliphatic carbocycles. The van der Waals surface area contributed by atoms with Crippen LogP contribution in [0.4, 0.5) is 0 Å². The number of hydrogen-bond donors (Lipinski definition) is 18. The van der Waals surface area contributed by atoms with E-state index in [1.165, 1.54) is 14.2 Å². The van der Waals surface area contributed by atoms with Crippen molar-refractivity contribution in [3.63, 3.8) is 0 Å². The predicted octanol–water partition coefficient (Wildman–Crippen LogP) is -12.5. The SMILES string of the molecule is CC1O[C@@H](O[C@@H]2C(COS(=O)(=O)O)O[C@@H](O[C@H]3C(C)O[C@@H](O[C@@H]4C(COS(=O)(=O)O)O[C@@H](O)C(NS(=O)(=O)O)[C@H]4O)C(OS(=O)(=O)O)[C@@H]3O)C(NS(=O)(=O)O)[C@H]2OS(=O)(=O)O)C(O)[C@@H](O)[C@@H]1O[C@@H]1OC(COS(=O)(=O)O)[C@@H](O)[C@H](O)C1NS(=O)(=O)O. The van der Waals surface area contributed by atoms with Gasteiger partial charge < -0.3 is 78.4 Å². The fraction of sp³-hybridized carbons (Fsp3) is 1.00. The molecule has 86 heavy (non-hydrogen) atoms. The van der Waals surface area contributed by atoms with Gasteiger partial charge in [-0.15, -0.1) is 0 Å². The second kappa shape index (κ2) is 28.3. The molecule has 0 bridgehead atoms. The summed E-state index contributed by atoms with van der Waals surface area (Å²) in [5.74, 6) is 0. The fourth-order valence-electron chi connectivity index (χ4n) is 8.81. The highest BCUT2D eigenvalue weighted by Gasteiger charge is 2.59. The van der Waals surface area contributed by atoms with E-state index in [9.17, 15) is 130 Å². The van der Waals surface area contributed by atoms with Gasteiger partial charge in [-0.05, 0) is 13.8 Å². The van der Waals surface area contributed by atoms with Gasteiger partial charge in [0.1, 0.15) is 104 Å². The van der Waals surface area contributed by atoms with E-state index in [4.69, 9.17) is 51.7 Å². The number of ether oxygens (including phenoxy) is 9. The summed E-state index contributed by atoms with van der Waals surface area (Å²) in [4.78, 5) is 0. The van der Waals surface area contributed by atoms with E-state index in [0.717, 1.165) is 13.8 Å². The van der Waals surface area contributed by atoms with Gasteiger partial charge in [0, 0.05) is 0 Å². The first-order chi connectivity index (χ1) is 38.8. The molecule has 5 saturated heterocycles. The number of aliphatic hydroxyl groups excluding tert-OH is 7. The van der Waals surface area contributed by atoms with Crippen molar-refractivity contribution >= 4 is 82.9 Å². The minimum Gasteiger partial charge on any atom is -0.388 e. The lowest BCUT2D eigenvalue weighted by Gasteiger charge is -2.50. The Kier molecular flexibility index (Phi) is 24.7. The molecule has 18 N–H and O–H groups in total. The molecule has 5 aliphatic heterocycles. The Morgan fingerprint density at radius 1 is 0.326 bits per heavy atom. The van der Waals surface area contributed by atoms with Crippen molar-refractivity contribution in [1.82, 2.24) is 14.2 Å². The Balaban J connectivity index is 1.52. The highest BCUT2D eigenvalue weighted by atomic mass is 32.3. The van der Waals surface area contributed by atoms with Crippen LogP contribution in [-0.4, -0.2) is 313 Å². The van der Waals surface area contributed by atoms with Crippen LogP contribution in [0, 0.1) is 0 Å². The molecule has 0 amide bonds. The summed E-state index contributed by atoms with van der Waals surface area (Å²) in [6.45, 7) is -2.93. The van der Waals surface area contributed by atoms with Gasteiger partial charge in [-0.25, -0.2) is 20.9 Å². The van der Waals surface area contributed by atoms with Crippen molar-refractivity contribution in [3.05, 3.63) is 0 Å². The van der Waals surface area contributed by atoms with Crippen LogP contribution in [-0.2, 0) is 146 Å². The molecule has 56 heteroatoms. The van der Waals surface area contributed by atoms with Gasteiger partial charge in [-0.2, -0.15) is 81.5 Å². The molecular formula is C30H55N3O45S8. The molecule has 0 saturated carbocycles. The smallest absolute Gasteiger partial charge is 0.388 e. The maximum Gasteiger partial charge on any atom is 0.397 e. The molecule has 0 aromatic rings. The highest BCUT2D eigenvalue weighted by Crippen LogP contribution is 2.38. The minimum absolute atomic E-state index is 0.803. The van der Waals surface area contributed by atoms with Gasteiger partial charge in [0.2, 0.25) is 0 Å². The van der Waals surface area contributed by atoms with Crippen LogP contribution in [0.3, 0.4) is 0 Å². The summed E-state index contributed by atoms with van der Waals surface area (Å²) in [6, 6.07) is -7.71. The zero-order chi connectivity index (χ0) is 65.6. The Bertz CT molecular complexity index is 3250. The summed E-state index contributed by atoms with van der Waals surface area (Å²) in [5, 5.41) is 77.3. The molecular weight excluding hydrogens is 1380 g/mol. The molecule has 25 atom stereocenters. The van der Waals surface area contributed by atoms with Crippen LogP contribution in [0.1, 0.15) is 13.8 Å². The third-order valence-corrected chi connectivity index (χ3v) is 16.1. The minimum atomic E-state index is -6.15. The molecule has 48 nitrogen and oxygen atoms in total. The van der Waals surface area contributed by atoms with E-state index < -0.39 is 256 Å². The van der Waals surface area contributed by atoms with Crippen molar-refractivity contribution in [1.29, 1.82) is 0 Å². The molecule has 5 fully saturated rings. The van der Waals surface area contributed by atoms with Gasteiger partial charge in [0.05, 0.1) is 32.0 Å². The summed E-state index contributed by atoms with van der Waals surface area (Å²) in [5.41, 5.74) is 0. The molecule has 0 spiro atoms. The fourth-order valence-corrected chi connectivity index (χ4v) is 12.5. The van der Waals surface area contributed by atoms with E-state index >= 15 is 0 Å². The Morgan fingerprint density at radius 2 is 0.698 bits per heavy atom. The molecule has 5 aliphatic rings. The predicted molar refractivity (Wildman–Crippen MR) is 253 cm³/mol. The van der Waals surface area contributed by atoms with Crippen molar-refractivity contribution in [2.75, 3.05) is 19.8 Å². The van der Waals surface area contributed by atoms with Crippen LogP contribution in [0.25, 0.3) is 0 Å². The van der Waals surface area contributed by atoms with Crippen molar-refractivity contribution < 1.29 is 203 Å². The first-order valence-corrected chi connectivity index (χ1v) is 34.0. The Morgan fingerprint density at radius 3 is 1.16 bits per heavy atom. The average molecular weight is 1430 g/mol. The molecule has 5 rings (SSSR count). The maximum absolute atomic E-state index is 12.6. The van der Waals surface area contributed by atoms with Crippen LogP contribution >= 0.6 is 0 Å². The van der Waals surface area contributed by atoms with E-state index in [1.54, 1.807) is 0 Å². The van der Waals surface area contributed by atoms with E-state index in [-0.39, 0.29) is 0 Å². The van der Waals surface area contributed by atoms with Gasteiger partial charge in [0.25, 0.3) is 0 Å². The van der Waals surface area contributed by atoms with Crippen LogP contribution in [0.5, 0.6) is 0 Å². The summed E-state index contributed by atoms with van der Waals surface area (Å²) >= 11 is 0. The van der Waals surface area contributed by atoms with E-state index in [0.29, 0.717) is 0 Å². The van der Waals surface area contributed by atoms with Crippen LogP contribution < -0.4 is 14.2 Å². The van der Waals surface area contributed by atoms with Gasteiger partial charge >= 0.3 is 82.9 Å². The topological polar surface area (TPSA) is 742 Å². The lowest BCUT2D eigenvalue weighted by molar-refractivity contribution is -0.374. The van der Waals surface area contributed by atoms with Crippen LogP contribution in [0.2, 0.25) is 0 Å². The van der Waals surface area contributed by atoms with Crippen molar-refractivity contribution in [2.45, 2.75) is 167 Å². The second-order valence-electron chi connectivity index (χ2n) is 18.4. The monoisotopic (exact) mass is 1430 g/mol. The molecule has 5 heterocycles. The molecule has 10 unspecified atom stereocenters. The molecule has 508 valence electrons. The number of nitrogens with one attached hydrogen (secondary N) is 3. The van der Waals surface area contributed by atoms with Crippen LogP contribution in [0.15, 0.2) is 0 Å². The molecule has 0 aromatic heterocycles. The molecule has 0 aromatic carbocycles. The summed E-state index contributed by atoms with van der Waals surface area (Å²) in [7, 11) is -45.4. The quantitative estimate of drug-likeness (QED) is 0.0340. The maximum atomic E-state index is 12.6. The Hall–Kier alpha value is -1.68. The lowest BCUT2D eigenvalue weighted by Crippen LogP contribution is -2.70. The Labute approximate surface area is 485 Å².